The van der Waals surface area contributed by atoms with Gasteiger partial charge in [0.2, 0.25) is 0 Å². The Balaban J connectivity index is 1.95. The van der Waals surface area contributed by atoms with Crippen molar-refractivity contribution in [3.8, 4) is 0 Å². The second kappa shape index (κ2) is 9.48. The lowest BCUT2D eigenvalue weighted by Crippen LogP contribution is -2.76. The average Bonchev–Trinajstić information content (AvgIpc) is 2.63. The van der Waals surface area contributed by atoms with Crippen LogP contribution in [0.5, 0.6) is 0 Å². The highest BCUT2D eigenvalue weighted by Crippen LogP contribution is 2.12. The molecule has 3 heteroatoms. The molecular formula is C21H26N3+. The number of rotatable bonds is 7. The Morgan fingerprint density at radius 1 is 1.04 bits per heavy atom. The first-order valence-corrected chi connectivity index (χ1v) is 8.25. The van der Waals surface area contributed by atoms with Gasteiger partial charge in [-0.15, -0.1) is 0 Å². The lowest BCUT2D eigenvalue weighted by atomic mass is 10.1. The smallest absolute Gasteiger partial charge is 0.105 e. The van der Waals surface area contributed by atoms with Crippen molar-refractivity contribution in [3.63, 3.8) is 0 Å². The predicted octanol–water partition coefficient (Wildman–Crippen LogP) is 3.72. The molecule has 0 aromatic heterocycles. The van der Waals surface area contributed by atoms with Gasteiger partial charge in [-0.05, 0) is 37.6 Å². The number of hydrogen-bond acceptors (Lipinski definition) is 2. The molecule has 2 aromatic rings. The van der Waals surface area contributed by atoms with Crippen LogP contribution in [0.1, 0.15) is 19.4 Å². The van der Waals surface area contributed by atoms with E-state index in [1.807, 2.05) is 50.2 Å². The SMILES string of the molecule is C/C=C(\C=C/[NH2+]Cc1ccccc1)C(/C)=N/N(C)c1ccccc1. The van der Waals surface area contributed by atoms with E-state index in [1.165, 1.54) is 5.56 Å². The minimum Gasteiger partial charge on any atom is -0.316 e. The van der Waals surface area contributed by atoms with E-state index in [0.717, 1.165) is 23.5 Å². The molecule has 2 N–H and O–H groups in total. The Bertz CT molecular complexity index is 700. The third-order valence-electron chi connectivity index (χ3n) is 3.77. The van der Waals surface area contributed by atoms with Gasteiger partial charge in [-0.3, -0.25) is 5.01 Å². The number of anilines is 1. The van der Waals surface area contributed by atoms with Crippen LogP contribution < -0.4 is 10.3 Å². The van der Waals surface area contributed by atoms with Crippen molar-refractivity contribution in [1.82, 2.24) is 0 Å². The van der Waals surface area contributed by atoms with Crippen molar-refractivity contribution in [2.45, 2.75) is 20.4 Å². The number of nitrogens with two attached hydrogens (primary N) is 1. The number of quaternary nitrogens is 1. The van der Waals surface area contributed by atoms with Crippen LogP contribution in [0, 0.1) is 0 Å². The highest BCUT2D eigenvalue weighted by Gasteiger charge is 2.02. The normalized spacial score (nSPS) is 12.6. The molecule has 0 radical (unpaired) electrons. The molecule has 0 aliphatic heterocycles. The van der Waals surface area contributed by atoms with Gasteiger partial charge in [-0.25, -0.2) is 0 Å². The minimum absolute atomic E-state index is 0.939. The first-order chi connectivity index (χ1) is 11.7. The Kier molecular flexibility index (Phi) is 6.99. The summed E-state index contributed by atoms with van der Waals surface area (Å²) in [5.41, 5.74) is 4.51. The third-order valence-corrected chi connectivity index (χ3v) is 3.77. The van der Waals surface area contributed by atoms with Crippen molar-refractivity contribution in [3.05, 3.63) is 90.2 Å². The van der Waals surface area contributed by atoms with E-state index < -0.39 is 0 Å². The minimum atomic E-state index is 0.939. The summed E-state index contributed by atoms with van der Waals surface area (Å²) in [6, 6.07) is 20.6. The molecule has 0 atom stereocenters. The zero-order chi connectivity index (χ0) is 17.2. The van der Waals surface area contributed by atoms with Crippen LogP contribution in [-0.4, -0.2) is 12.8 Å². The van der Waals surface area contributed by atoms with E-state index in [9.17, 15) is 0 Å². The molecular weight excluding hydrogens is 294 g/mol. The van der Waals surface area contributed by atoms with E-state index in [4.69, 9.17) is 0 Å². The van der Waals surface area contributed by atoms with Crippen LogP contribution in [0.3, 0.4) is 0 Å². The van der Waals surface area contributed by atoms with E-state index in [1.54, 1.807) is 0 Å². The molecule has 0 heterocycles. The molecule has 0 fully saturated rings. The average molecular weight is 320 g/mol. The largest absolute Gasteiger partial charge is 0.316 e. The topological polar surface area (TPSA) is 32.2 Å². The maximum Gasteiger partial charge on any atom is 0.105 e. The van der Waals surface area contributed by atoms with Crippen molar-refractivity contribution in [2.75, 3.05) is 12.1 Å². The molecule has 0 amide bonds. The maximum atomic E-state index is 4.67. The Morgan fingerprint density at radius 2 is 1.67 bits per heavy atom. The fourth-order valence-electron chi connectivity index (χ4n) is 2.40. The van der Waals surface area contributed by atoms with Crippen molar-refractivity contribution in [2.24, 2.45) is 5.10 Å². The Labute approximate surface area is 145 Å². The van der Waals surface area contributed by atoms with Crippen LogP contribution >= 0.6 is 0 Å². The van der Waals surface area contributed by atoms with Crippen LogP contribution in [0.2, 0.25) is 0 Å². The van der Waals surface area contributed by atoms with Crippen LogP contribution in [0.4, 0.5) is 5.69 Å². The lowest BCUT2D eigenvalue weighted by molar-refractivity contribution is -0.604. The van der Waals surface area contributed by atoms with Gasteiger partial charge >= 0.3 is 0 Å². The Morgan fingerprint density at radius 3 is 2.29 bits per heavy atom. The standard InChI is InChI=1S/C21H25N3/c1-4-20(15-16-22-17-19-11-7-5-8-12-19)18(2)23-24(3)21-13-9-6-10-14-21/h4-16,22H,17H2,1-3H3/p+1/b16-15-,20-4+,23-18+. The molecule has 3 nitrogen and oxygen atoms in total. The molecule has 24 heavy (non-hydrogen) atoms. The third kappa shape index (κ3) is 5.52. The highest BCUT2D eigenvalue weighted by molar-refractivity contribution is 6.01. The number of nitrogens with zero attached hydrogens (tertiary/aromatic N) is 2. The van der Waals surface area contributed by atoms with E-state index in [2.05, 4.69) is 65.2 Å². The second-order valence-electron chi connectivity index (χ2n) is 5.57. The van der Waals surface area contributed by atoms with Gasteiger partial charge in [0, 0.05) is 12.6 Å². The summed E-state index contributed by atoms with van der Waals surface area (Å²) >= 11 is 0. The van der Waals surface area contributed by atoms with Gasteiger partial charge in [0.25, 0.3) is 0 Å². The fourth-order valence-corrected chi connectivity index (χ4v) is 2.40. The lowest BCUT2D eigenvalue weighted by Gasteiger charge is -2.14. The number of hydrazone groups is 1. The molecule has 0 saturated carbocycles. The molecule has 0 spiro atoms. The molecule has 124 valence electrons. The summed E-state index contributed by atoms with van der Waals surface area (Å²) in [7, 11) is 1.97. The molecule has 2 rings (SSSR count). The van der Waals surface area contributed by atoms with E-state index >= 15 is 0 Å². The maximum absolute atomic E-state index is 4.67. The summed E-state index contributed by atoms with van der Waals surface area (Å²) in [6.45, 7) is 5.02. The van der Waals surface area contributed by atoms with E-state index in [-0.39, 0.29) is 0 Å². The predicted molar refractivity (Wildman–Crippen MR) is 103 cm³/mol. The molecule has 0 aliphatic carbocycles. The number of allylic oxidation sites excluding steroid dienone is 3. The highest BCUT2D eigenvalue weighted by atomic mass is 15.4. The van der Waals surface area contributed by atoms with Gasteiger partial charge in [0.1, 0.15) is 6.54 Å². The monoisotopic (exact) mass is 320 g/mol. The summed E-state index contributed by atoms with van der Waals surface area (Å²) in [5, 5.41) is 8.75. The van der Waals surface area contributed by atoms with Crippen molar-refractivity contribution >= 4 is 11.4 Å². The van der Waals surface area contributed by atoms with Gasteiger partial charge in [-0.2, -0.15) is 5.10 Å². The van der Waals surface area contributed by atoms with E-state index in [0.29, 0.717) is 0 Å². The zero-order valence-corrected chi connectivity index (χ0v) is 14.7. The van der Waals surface area contributed by atoms with Gasteiger partial charge in [0.05, 0.1) is 17.6 Å². The summed E-state index contributed by atoms with van der Waals surface area (Å²) in [6.07, 6.45) is 6.30. The molecule has 0 aliphatic rings. The number of para-hydroxylation sites is 1. The summed E-state index contributed by atoms with van der Waals surface area (Å²) in [5.74, 6) is 0. The first kappa shape index (κ1) is 17.7. The number of hydrogen-bond donors (Lipinski definition) is 1. The molecule has 0 unspecified atom stereocenters. The van der Waals surface area contributed by atoms with Gasteiger partial charge < -0.3 is 5.32 Å². The molecule has 0 bridgehead atoms. The summed E-state index contributed by atoms with van der Waals surface area (Å²) < 4.78 is 0. The van der Waals surface area contributed by atoms with Crippen LogP contribution in [0.15, 0.2) is 89.7 Å². The van der Waals surface area contributed by atoms with Crippen LogP contribution in [0.25, 0.3) is 0 Å². The number of benzene rings is 2. The second-order valence-corrected chi connectivity index (χ2v) is 5.57. The van der Waals surface area contributed by atoms with Gasteiger partial charge in [-0.1, -0.05) is 54.6 Å². The first-order valence-electron chi connectivity index (χ1n) is 8.25. The zero-order valence-electron chi connectivity index (χ0n) is 14.7. The van der Waals surface area contributed by atoms with Crippen molar-refractivity contribution in [1.29, 1.82) is 0 Å². The van der Waals surface area contributed by atoms with Gasteiger partial charge in [0.15, 0.2) is 0 Å². The fraction of sp³-hybridized carbons (Fsp3) is 0.190. The molecule has 2 aromatic carbocycles. The van der Waals surface area contributed by atoms with Crippen LogP contribution in [-0.2, 0) is 6.54 Å². The van der Waals surface area contributed by atoms with Crippen molar-refractivity contribution < 1.29 is 5.32 Å². The summed E-state index contributed by atoms with van der Waals surface area (Å²) in [4.78, 5) is 0. The molecule has 0 saturated heterocycles. The Hall–Kier alpha value is -2.65. The quantitative estimate of drug-likeness (QED) is 0.471.